The molecule has 1 aromatic heterocycles. The van der Waals surface area contributed by atoms with Gasteiger partial charge in [-0.05, 0) is 112 Å². The quantitative estimate of drug-likeness (QED) is 0.0909. The van der Waals surface area contributed by atoms with Gasteiger partial charge in [-0.2, -0.15) is 0 Å². The zero-order valence-corrected chi connectivity index (χ0v) is 35.9. The van der Waals surface area contributed by atoms with Gasteiger partial charge in [0.2, 0.25) is 0 Å². The van der Waals surface area contributed by atoms with Crippen LogP contribution in [0.1, 0.15) is 0 Å². The predicted molar refractivity (Wildman–Crippen MR) is 276 cm³/mol. The van der Waals surface area contributed by atoms with Gasteiger partial charge in [-0.15, -0.1) is 0 Å². The zero-order chi connectivity index (χ0) is 44.0. The van der Waals surface area contributed by atoms with Crippen LogP contribution < -0.4 is 0 Å². The molecule has 12 rings (SSSR count). The number of fused-ring (bicyclic) bond motifs is 5. The fraction of sp³-hybridized carbons (Fsp3) is 0. The highest BCUT2D eigenvalue weighted by Gasteiger charge is 2.19. The van der Waals surface area contributed by atoms with Gasteiger partial charge in [-0.3, -0.25) is 0 Å². The summed E-state index contributed by atoms with van der Waals surface area (Å²) in [7, 11) is 0. The van der Waals surface area contributed by atoms with Crippen molar-refractivity contribution in [1.82, 2.24) is 9.97 Å². The third kappa shape index (κ3) is 6.95. The number of benzene rings is 11. The molecule has 0 saturated carbocycles. The van der Waals surface area contributed by atoms with Crippen molar-refractivity contribution in [2.45, 2.75) is 0 Å². The van der Waals surface area contributed by atoms with E-state index in [9.17, 15) is 0 Å². The molecule has 11 aromatic carbocycles. The molecule has 12 aromatic rings. The van der Waals surface area contributed by atoms with E-state index in [0.717, 1.165) is 50.0 Å². The lowest BCUT2D eigenvalue weighted by atomic mass is 9.84. The first-order valence-electron chi connectivity index (χ1n) is 22.2. The second kappa shape index (κ2) is 16.3. The Kier molecular flexibility index (Phi) is 9.55. The van der Waals surface area contributed by atoms with E-state index in [1.807, 2.05) is 42.5 Å². The molecule has 66 heavy (non-hydrogen) atoms. The first-order chi connectivity index (χ1) is 32.6. The van der Waals surface area contributed by atoms with Crippen LogP contribution in [0.4, 0.5) is 5.69 Å². The smallest absolute Gasteiger partial charge is 0.187 e. The molecule has 0 unspecified atom stereocenters. The third-order valence-corrected chi connectivity index (χ3v) is 12.9. The molecule has 0 aliphatic heterocycles. The van der Waals surface area contributed by atoms with Crippen LogP contribution in [0.2, 0.25) is 0 Å². The molecule has 3 heteroatoms. The molecule has 0 fully saturated rings. The molecule has 306 valence electrons. The topological polar surface area (TPSA) is 30.1 Å². The normalized spacial score (nSPS) is 11.3. The van der Waals surface area contributed by atoms with E-state index in [-0.39, 0.29) is 0 Å². The second-order valence-corrected chi connectivity index (χ2v) is 16.8. The maximum Gasteiger partial charge on any atom is 0.187 e. The highest BCUT2D eigenvalue weighted by Crippen LogP contribution is 2.46. The minimum atomic E-state index is 0.627. The summed E-state index contributed by atoms with van der Waals surface area (Å²) in [5.74, 6) is 0.676. The van der Waals surface area contributed by atoms with Crippen LogP contribution in [-0.2, 0) is 0 Å². The molecular formula is C63H39N3. The zero-order valence-electron chi connectivity index (χ0n) is 35.9. The average molecular weight is 838 g/mol. The molecule has 1 heterocycles. The van der Waals surface area contributed by atoms with Crippen LogP contribution in [0.3, 0.4) is 0 Å². The van der Waals surface area contributed by atoms with Gasteiger partial charge in [0.25, 0.3) is 0 Å². The van der Waals surface area contributed by atoms with Crippen molar-refractivity contribution in [2.24, 2.45) is 0 Å². The van der Waals surface area contributed by atoms with Crippen molar-refractivity contribution >= 4 is 48.8 Å². The fourth-order valence-electron chi connectivity index (χ4n) is 9.62. The van der Waals surface area contributed by atoms with Gasteiger partial charge in [-0.25, -0.2) is 14.8 Å². The van der Waals surface area contributed by atoms with Crippen LogP contribution in [0.25, 0.3) is 126 Å². The summed E-state index contributed by atoms with van der Waals surface area (Å²) < 4.78 is 0. The van der Waals surface area contributed by atoms with E-state index in [2.05, 4.69) is 199 Å². The maximum absolute atomic E-state index is 7.36. The van der Waals surface area contributed by atoms with Crippen molar-refractivity contribution < 1.29 is 0 Å². The van der Waals surface area contributed by atoms with Crippen molar-refractivity contribution in [3.8, 4) is 78.4 Å². The Morgan fingerprint density at radius 3 is 1.45 bits per heavy atom. The Labute approximate surface area is 383 Å². The lowest BCUT2D eigenvalue weighted by Gasteiger charge is -2.19. The Bertz CT molecular complexity index is 3850. The molecule has 0 saturated heterocycles. The molecule has 0 bridgehead atoms. The standard InChI is InChI=1S/C63H39N3/c1-64-53-34-31-42(32-35-53)47-18-12-19-51(38-47)58-40-59(66-63(65-58)46-16-6-3-7-17-46)52-30-29-49-37-48(27-28-50(49)39-52)41-23-25-45(26-24-41)61-56-22-11-10-21-55(56)60(44-14-4-2-5-15-44)57-36-33-43-13-8-9-20-54(43)62(57)61/h2-40H. The molecule has 0 radical (unpaired) electrons. The van der Waals surface area contributed by atoms with Crippen LogP contribution in [0.5, 0.6) is 0 Å². The molecular weight excluding hydrogens is 799 g/mol. The highest BCUT2D eigenvalue weighted by atomic mass is 14.9. The summed E-state index contributed by atoms with van der Waals surface area (Å²) in [4.78, 5) is 13.8. The largest absolute Gasteiger partial charge is 0.238 e. The van der Waals surface area contributed by atoms with Gasteiger partial charge in [0, 0.05) is 16.7 Å². The van der Waals surface area contributed by atoms with E-state index < -0.39 is 0 Å². The summed E-state index contributed by atoms with van der Waals surface area (Å²) in [6, 6.07) is 83.9. The summed E-state index contributed by atoms with van der Waals surface area (Å²) in [5, 5.41) is 9.84. The SMILES string of the molecule is [C-]#[N+]c1ccc(-c2cccc(-c3cc(-c4ccc5cc(-c6ccc(-c7c8ccccc8c(-c8ccccc8)c8ccc9ccccc9c78)cc6)ccc5c4)nc(-c4ccccc4)n3)c2)cc1. The fourth-order valence-corrected chi connectivity index (χ4v) is 9.62. The van der Waals surface area contributed by atoms with E-state index in [1.165, 1.54) is 65.7 Å². The van der Waals surface area contributed by atoms with Crippen molar-refractivity contribution in [3.63, 3.8) is 0 Å². The van der Waals surface area contributed by atoms with Crippen LogP contribution in [0, 0.1) is 6.57 Å². The minimum absolute atomic E-state index is 0.627. The molecule has 0 amide bonds. The molecule has 0 atom stereocenters. The first kappa shape index (κ1) is 38.7. The average Bonchev–Trinajstić information content (AvgIpc) is 3.40. The Morgan fingerprint density at radius 1 is 0.288 bits per heavy atom. The monoisotopic (exact) mass is 837 g/mol. The number of hydrogen-bond donors (Lipinski definition) is 0. The van der Waals surface area contributed by atoms with Crippen LogP contribution in [0.15, 0.2) is 237 Å². The number of aromatic nitrogens is 2. The van der Waals surface area contributed by atoms with Gasteiger partial charge in [-0.1, -0.05) is 212 Å². The van der Waals surface area contributed by atoms with Gasteiger partial charge in [0.15, 0.2) is 11.5 Å². The van der Waals surface area contributed by atoms with Crippen LogP contribution in [-0.4, -0.2) is 9.97 Å². The van der Waals surface area contributed by atoms with Crippen LogP contribution >= 0.6 is 0 Å². The highest BCUT2D eigenvalue weighted by molar-refractivity contribution is 6.28. The number of rotatable bonds is 7. The summed E-state index contributed by atoms with van der Waals surface area (Å²) in [6.07, 6.45) is 0. The van der Waals surface area contributed by atoms with E-state index in [4.69, 9.17) is 16.5 Å². The number of nitrogens with zero attached hydrogens (tertiary/aromatic N) is 3. The molecule has 0 aliphatic carbocycles. The molecule has 0 aliphatic rings. The van der Waals surface area contributed by atoms with E-state index in [0.29, 0.717) is 11.5 Å². The Hall–Kier alpha value is -8.97. The second-order valence-electron chi connectivity index (χ2n) is 16.8. The lowest BCUT2D eigenvalue weighted by molar-refractivity contribution is 1.18. The number of hydrogen-bond acceptors (Lipinski definition) is 2. The van der Waals surface area contributed by atoms with Gasteiger partial charge < -0.3 is 0 Å². The van der Waals surface area contributed by atoms with Gasteiger partial charge in [0.1, 0.15) is 0 Å². The Morgan fingerprint density at radius 2 is 0.758 bits per heavy atom. The minimum Gasteiger partial charge on any atom is -0.238 e. The molecule has 0 spiro atoms. The van der Waals surface area contributed by atoms with Gasteiger partial charge >= 0.3 is 0 Å². The predicted octanol–water partition coefficient (Wildman–Crippen LogP) is 17.3. The summed E-state index contributed by atoms with van der Waals surface area (Å²) in [5.41, 5.74) is 14.7. The van der Waals surface area contributed by atoms with Crippen molar-refractivity contribution in [2.75, 3.05) is 0 Å². The Balaban J connectivity index is 0.918. The third-order valence-electron chi connectivity index (χ3n) is 12.9. The maximum atomic E-state index is 7.36. The van der Waals surface area contributed by atoms with Crippen molar-refractivity contribution in [1.29, 1.82) is 0 Å². The lowest BCUT2D eigenvalue weighted by Crippen LogP contribution is -1.96. The first-order valence-corrected chi connectivity index (χ1v) is 22.2. The molecule has 0 N–H and O–H groups in total. The summed E-state index contributed by atoms with van der Waals surface area (Å²) in [6.45, 7) is 7.36. The van der Waals surface area contributed by atoms with Crippen molar-refractivity contribution in [3.05, 3.63) is 248 Å². The summed E-state index contributed by atoms with van der Waals surface area (Å²) >= 11 is 0. The molecule has 3 nitrogen and oxygen atoms in total. The van der Waals surface area contributed by atoms with Gasteiger partial charge in [0.05, 0.1) is 18.0 Å². The van der Waals surface area contributed by atoms with E-state index >= 15 is 0 Å². The van der Waals surface area contributed by atoms with E-state index in [1.54, 1.807) is 0 Å².